The molecule has 0 radical (unpaired) electrons. The number of halogens is 6. The third kappa shape index (κ3) is 8.79. The van der Waals surface area contributed by atoms with Crippen molar-refractivity contribution in [1.82, 2.24) is 15.1 Å². The zero-order valence-corrected chi connectivity index (χ0v) is 19.3. The molecule has 12 heteroatoms. The van der Waals surface area contributed by atoms with E-state index in [4.69, 9.17) is 5.73 Å². The Bertz CT molecular complexity index is 813. The number of amidine groups is 1. The Labute approximate surface area is 195 Å². The van der Waals surface area contributed by atoms with E-state index in [1.807, 2.05) is 14.1 Å². The Morgan fingerprint density at radius 1 is 1.09 bits per heavy atom. The molecule has 6 nitrogen and oxygen atoms in total. The summed E-state index contributed by atoms with van der Waals surface area (Å²) in [5, 5.41) is 3.12. The van der Waals surface area contributed by atoms with Crippen LogP contribution < -0.4 is 11.1 Å². The molecule has 1 aliphatic heterocycles. The van der Waals surface area contributed by atoms with Gasteiger partial charge in [-0.1, -0.05) is 0 Å². The molecule has 1 aromatic carbocycles. The second-order valence-electron chi connectivity index (χ2n) is 8.68. The molecule has 1 aromatic rings. The van der Waals surface area contributed by atoms with Crippen LogP contribution in [0.2, 0.25) is 0 Å². The quantitative estimate of drug-likeness (QED) is 0.239. The molecular weight excluding hydrogens is 464 g/mol. The van der Waals surface area contributed by atoms with Gasteiger partial charge in [-0.05, 0) is 70.6 Å². The second-order valence-corrected chi connectivity index (χ2v) is 8.68. The molecule has 2 rings (SSSR count). The first-order valence-electron chi connectivity index (χ1n) is 11.0. The Balaban J connectivity index is 1.91. The number of carbonyl (C=O) groups excluding carboxylic acids is 1. The van der Waals surface area contributed by atoms with Crippen LogP contribution in [0.3, 0.4) is 0 Å². The number of nitrogens with one attached hydrogen (secondary N) is 1. The van der Waals surface area contributed by atoms with E-state index in [9.17, 15) is 31.1 Å². The van der Waals surface area contributed by atoms with Crippen molar-refractivity contribution in [3.05, 3.63) is 34.9 Å². The monoisotopic (exact) mass is 495 g/mol. The largest absolute Gasteiger partial charge is 0.416 e. The molecule has 1 saturated heterocycles. The van der Waals surface area contributed by atoms with E-state index in [0.717, 1.165) is 19.5 Å². The normalized spacial score (nSPS) is 16.4. The van der Waals surface area contributed by atoms with Gasteiger partial charge in [-0.25, -0.2) is 0 Å². The second kappa shape index (κ2) is 11.9. The summed E-state index contributed by atoms with van der Waals surface area (Å²) in [7, 11) is 3.96. The highest BCUT2D eigenvalue weighted by molar-refractivity contribution is 5.97. The van der Waals surface area contributed by atoms with E-state index < -0.39 is 29.0 Å². The van der Waals surface area contributed by atoms with Crippen molar-refractivity contribution in [2.24, 2.45) is 16.6 Å². The average Bonchev–Trinajstić information content (AvgIpc) is 2.75. The molecular formula is C22H31F6N5O. The molecule has 192 valence electrons. The molecule has 0 aliphatic carbocycles. The summed E-state index contributed by atoms with van der Waals surface area (Å²) in [4.78, 5) is 20.2. The summed E-state index contributed by atoms with van der Waals surface area (Å²) in [5.41, 5.74) is 2.46. The van der Waals surface area contributed by atoms with Gasteiger partial charge in [0, 0.05) is 25.2 Å². The number of alkyl halides is 6. The number of carbonyl (C=O) groups is 1. The fraction of sp³-hybridized carbons (Fsp3) is 0.636. The van der Waals surface area contributed by atoms with Gasteiger partial charge in [-0.2, -0.15) is 26.3 Å². The lowest BCUT2D eigenvalue weighted by atomic mass is 9.97. The molecule has 3 N–H and O–H groups in total. The van der Waals surface area contributed by atoms with Crippen LogP contribution in [0.4, 0.5) is 26.3 Å². The van der Waals surface area contributed by atoms with Gasteiger partial charge >= 0.3 is 12.4 Å². The molecule has 1 heterocycles. The highest BCUT2D eigenvalue weighted by Gasteiger charge is 2.37. The van der Waals surface area contributed by atoms with Gasteiger partial charge in [0.05, 0.1) is 17.7 Å². The third-order valence-corrected chi connectivity index (χ3v) is 5.61. The summed E-state index contributed by atoms with van der Waals surface area (Å²) >= 11 is 0. The standard InChI is InChI=1S/C22H31F6N5O/c1-32(2)7-3-6-30-14-19(34)33-8-4-15(5-9-33)13-31-20(29)16-10-17(21(23,24)25)12-18(11-16)22(26,27)28/h10-12,15,30H,3-9,13-14H2,1-2H3,(H2,29,31). The van der Waals surface area contributed by atoms with Gasteiger partial charge in [0.2, 0.25) is 5.91 Å². The maximum atomic E-state index is 13.0. The van der Waals surface area contributed by atoms with Gasteiger partial charge in [-0.15, -0.1) is 0 Å². The van der Waals surface area contributed by atoms with Crippen LogP contribution in [0.5, 0.6) is 0 Å². The van der Waals surface area contributed by atoms with E-state index in [0.29, 0.717) is 38.1 Å². The summed E-state index contributed by atoms with van der Waals surface area (Å²) in [5.74, 6) is -0.351. The molecule has 1 amide bonds. The SMILES string of the molecule is CN(C)CCCNCC(=O)N1CCC(CN=C(N)c2cc(C(F)(F)F)cc(C(F)(F)F)c2)CC1. The highest BCUT2D eigenvalue weighted by atomic mass is 19.4. The summed E-state index contributed by atoms with van der Waals surface area (Å²) in [6.45, 7) is 3.10. The molecule has 0 bridgehead atoms. The van der Waals surface area contributed by atoms with Crippen LogP contribution in [0, 0.1) is 5.92 Å². The average molecular weight is 496 g/mol. The maximum Gasteiger partial charge on any atom is 0.416 e. The molecule has 1 aliphatic rings. The molecule has 0 atom stereocenters. The van der Waals surface area contributed by atoms with Crippen molar-refractivity contribution in [3.8, 4) is 0 Å². The number of rotatable bonds is 9. The van der Waals surface area contributed by atoms with Gasteiger partial charge in [0.15, 0.2) is 0 Å². The fourth-order valence-corrected chi connectivity index (χ4v) is 3.61. The number of piperidine rings is 1. The molecule has 1 fully saturated rings. The summed E-state index contributed by atoms with van der Waals surface area (Å²) < 4.78 is 78.2. The molecule has 0 saturated carbocycles. The van der Waals surface area contributed by atoms with Crippen molar-refractivity contribution in [2.45, 2.75) is 31.6 Å². The van der Waals surface area contributed by atoms with E-state index in [-0.39, 0.29) is 36.8 Å². The predicted molar refractivity (Wildman–Crippen MR) is 117 cm³/mol. The number of hydrogen-bond donors (Lipinski definition) is 2. The Morgan fingerprint density at radius 3 is 2.15 bits per heavy atom. The van der Waals surface area contributed by atoms with Gasteiger partial charge in [-0.3, -0.25) is 9.79 Å². The summed E-state index contributed by atoms with van der Waals surface area (Å²) in [6.07, 6.45) is -7.72. The number of amides is 1. The van der Waals surface area contributed by atoms with Crippen LogP contribution in [-0.2, 0) is 17.1 Å². The van der Waals surface area contributed by atoms with Gasteiger partial charge in [0.25, 0.3) is 0 Å². The Morgan fingerprint density at radius 2 is 1.65 bits per heavy atom. The van der Waals surface area contributed by atoms with Crippen molar-refractivity contribution in [2.75, 3.05) is 53.4 Å². The number of nitrogens with two attached hydrogens (primary N) is 1. The van der Waals surface area contributed by atoms with Gasteiger partial charge in [0.1, 0.15) is 5.84 Å². The summed E-state index contributed by atoms with van der Waals surface area (Å²) in [6, 6.07) is 1.20. The number of nitrogens with zero attached hydrogens (tertiary/aromatic N) is 3. The topological polar surface area (TPSA) is 74.0 Å². The predicted octanol–water partition coefficient (Wildman–Crippen LogP) is 3.21. The van der Waals surface area contributed by atoms with Crippen LogP contribution in [0.1, 0.15) is 36.0 Å². The van der Waals surface area contributed by atoms with E-state index in [1.54, 1.807) is 4.90 Å². The lowest BCUT2D eigenvalue weighted by Crippen LogP contribution is -2.43. The van der Waals surface area contributed by atoms with E-state index in [2.05, 4.69) is 15.2 Å². The molecule has 0 spiro atoms. The Kier molecular flexibility index (Phi) is 9.74. The van der Waals surface area contributed by atoms with Crippen LogP contribution >= 0.6 is 0 Å². The van der Waals surface area contributed by atoms with Crippen LogP contribution in [-0.4, -0.2) is 74.9 Å². The highest BCUT2D eigenvalue weighted by Crippen LogP contribution is 2.36. The van der Waals surface area contributed by atoms with E-state index >= 15 is 0 Å². The van der Waals surface area contributed by atoms with Crippen molar-refractivity contribution >= 4 is 11.7 Å². The minimum absolute atomic E-state index is 0.00466. The van der Waals surface area contributed by atoms with Gasteiger partial charge < -0.3 is 20.9 Å². The zero-order chi connectivity index (χ0) is 25.5. The first-order valence-corrected chi connectivity index (χ1v) is 11.0. The first-order chi connectivity index (χ1) is 15.8. The first kappa shape index (κ1) is 27.9. The zero-order valence-electron chi connectivity index (χ0n) is 19.3. The lowest BCUT2D eigenvalue weighted by molar-refractivity contribution is -0.143. The van der Waals surface area contributed by atoms with E-state index in [1.165, 1.54) is 0 Å². The minimum Gasteiger partial charge on any atom is -0.384 e. The van der Waals surface area contributed by atoms with Crippen molar-refractivity contribution in [3.63, 3.8) is 0 Å². The smallest absolute Gasteiger partial charge is 0.384 e. The molecule has 34 heavy (non-hydrogen) atoms. The molecule has 0 aromatic heterocycles. The van der Waals surface area contributed by atoms with Crippen LogP contribution in [0.15, 0.2) is 23.2 Å². The fourth-order valence-electron chi connectivity index (χ4n) is 3.61. The third-order valence-electron chi connectivity index (χ3n) is 5.61. The van der Waals surface area contributed by atoms with Crippen molar-refractivity contribution in [1.29, 1.82) is 0 Å². The van der Waals surface area contributed by atoms with Crippen LogP contribution in [0.25, 0.3) is 0 Å². The number of hydrogen-bond acceptors (Lipinski definition) is 4. The minimum atomic E-state index is -4.95. The number of aliphatic imine (C=N–C) groups is 1. The molecule has 0 unspecified atom stereocenters. The number of likely N-dealkylation sites (tertiary alicyclic amines) is 1. The lowest BCUT2D eigenvalue weighted by Gasteiger charge is -2.31. The number of benzene rings is 1. The maximum absolute atomic E-state index is 13.0. The Hall–Kier alpha value is -2.34. The van der Waals surface area contributed by atoms with Crippen molar-refractivity contribution < 1.29 is 31.1 Å².